The minimum Gasteiger partial charge on any atom is -0.343 e. The molecule has 1 aromatic heterocycles. The molecule has 0 aliphatic heterocycles. The summed E-state index contributed by atoms with van der Waals surface area (Å²) in [5.41, 5.74) is 0.858. The Kier molecular flexibility index (Phi) is 4.34. The van der Waals surface area contributed by atoms with Crippen LogP contribution in [-0.4, -0.2) is 16.0 Å². The molecule has 3 rings (SSSR count). The van der Waals surface area contributed by atoms with E-state index in [2.05, 4.69) is 15.5 Å². The van der Waals surface area contributed by atoms with Crippen LogP contribution in [0.1, 0.15) is 16.2 Å². The van der Waals surface area contributed by atoms with Crippen LogP contribution in [0.15, 0.2) is 53.1 Å². The van der Waals surface area contributed by atoms with Gasteiger partial charge in [-0.25, -0.2) is 4.39 Å². The number of nitrogens with zero attached hydrogens (tertiary/aromatic N) is 2. The lowest BCUT2D eigenvalue weighted by molar-refractivity contribution is 0.0946. The van der Waals surface area contributed by atoms with Gasteiger partial charge in [0.15, 0.2) is 0 Å². The maximum Gasteiger partial charge on any atom is 0.251 e. The first kappa shape index (κ1) is 15.2. The van der Waals surface area contributed by atoms with Crippen molar-refractivity contribution in [1.82, 2.24) is 15.5 Å². The molecule has 0 spiro atoms. The first-order chi connectivity index (χ1) is 11.1. The van der Waals surface area contributed by atoms with Gasteiger partial charge in [-0.05, 0) is 30.3 Å². The van der Waals surface area contributed by atoms with Crippen LogP contribution < -0.4 is 5.32 Å². The summed E-state index contributed by atoms with van der Waals surface area (Å²) in [5.74, 6) is -0.339. The molecule has 7 heteroatoms. The second-order valence-electron chi connectivity index (χ2n) is 4.68. The number of benzene rings is 2. The van der Waals surface area contributed by atoms with Crippen LogP contribution >= 0.6 is 11.6 Å². The minimum atomic E-state index is -0.476. The van der Waals surface area contributed by atoms with Crippen LogP contribution in [0.25, 0.3) is 11.4 Å². The highest BCUT2D eigenvalue weighted by Crippen LogP contribution is 2.24. The van der Waals surface area contributed by atoms with Gasteiger partial charge in [0.25, 0.3) is 5.91 Å². The molecular weight excluding hydrogens is 321 g/mol. The second kappa shape index (κ2) is 6.58. The monoisotopic (exact) mass is 331 g/mol. The Bertz CT molecular complexity index is 851. The zero-order chi connectivity index (χ0) is 16.2. The second-order valence-corrected chi connectivity index (χ2v) is 5.09. The lowest BCUT2D eigenvalue weighted by Crippen LogP contribution is -2.23. The Morgan fingerprint density at radius 2 is 2.04 bits per heavy atom. The van der Waals surface area contributed by atoms with Gasteiger partial charge in [-0.15, -0.1) is 0 Å². The van der Waals surface area contributed by atoms with Crippen molar-refractivity contribution in [1.29, 1.82) is 0 Å². The van der Waals surface area contributed by atoms with Crippen molar-refractivity contribution < 1.29 is 13.7 Å². The van der Waals surface area contributed by atoms with E-state index in [1.807, 2.05) is 6.07 Å². The molecule has 1 amide bonds. The summed E-state index contributed by atoms with van der Waals surface area (Å²) in [6.07, 6.45) is 0. The highest BCUT2D eigenvalue weighted by molar-refractivity contribution is 6.33. The van der Waals surface area contributed by atoms with Crippen LogP contribution in [0.3, 0.4) is 0 Å². The van der Waals surface area contributed by atoms with Crippen molar-refractivity contribution in [2.75, 3.05) is 0 Å². The molecule has 0 bridgehead atoms. The summed E-state index contributed by atoms with van der Waals surface area (Å²) < 4.78 is 18.2. The number of aromatic nitrogens is 2. The third kappa shape index (κ3) is 3.54. The molecule has 1 N–H and O–H groups in total. The summed E-state index contributed by atoms with van der Waals surface area (Å²) in [6, 6.07) is 12.5. The van der Waals surface area contributed by atoms with Crippen molar-refractivity contribution in [3.8, 4) is 11.4 Å². The molecule has 1 heterocycles. The maximum atomic E-state index is 13.1. The molecule has 3 aromatic rings. The number of rotatable bonds is 4. The lowest BCUT2D eigenvalue weighted by atomic mass is 10.2. The molecule has 116 valence electrons. The smallest absolute Gasteiger partial charge is 0.251 e. The Balaban J connectivity index is 1.68. The summed E-state index contributed by atoms with van der Waals surface area (Å²) in [7, 11) is 0. The number of amides is 1. The van der Waals surface area contributed by atoms with E-state index in [4.69, 9.17) is 16.1 Å². The number of hydrogen-bond acceptors (Lipinski definition) is 4. The van der Waals surface area contributed by atoms with Gasteiger partial charge in [-0.2, -0.15) is 4.98 Å². The molecule has 0 fully saturated rings. The molecular formula is C16H11ClFN3O2. The number of nitrogens with one attached hydrogen (secondary N) is 1. The fourth-order valence-corrected chi connectivity index (χ4v) is 2.19. The molecule has 2 aromatic carbocycles. The first-order valence-corrected chi connectivity index (χ1v) is 7.12. The summed E-state index contributed by atoms with van der Waals surface area (Å²) in [4.78, 5) is 16.1. The van der Waals surface area contributed by atoms with Crippen LogP contribution in [0.5, 0.6) is 0 Å². The van der Waals surface area contributed by atoms with Crippen molar-refractivity contribution in [3.63, 3.8) is 0 Å². The van der Waals surface area contributed by atoms with Crippen molar-refractivity contribution in [2.45, 2.75) is 6.54 Å². The van der Waals surface area contributed by atoms with E-state index in [0.29, 0.717) is 16.4 Å². The Hall–Kier alpha value is -2.73. The first-order valence-electron chi connectivity index (χ1n) is 6.75. The Morgan fingerprint density at radius 3 is 2.83 bits per heavy atom. The molecule has 5 nitrogen and oxygen atoms in total. The standard InChI is InChI=1S/C16H11ClFN3O2/c17-13-7-2-1-6-12(13)15-20-14(23-21-15)9-19-16(22)10-4-3-5-11(18)8-10/h1-8H,9H2,(H,19,22). The summed E-state index contributed by atoms with van der Waals surface area (Å²) in [6.45, 7) is 0.0345. The van der Waals surface area contributed by atoms with Gasteiger partial charge in [0.1, 0.15) is 5.82 Å². The van der Waals surface area contributed by atoms with Gasteiger partial charge < -0.3 is 9.84 Å². The number of hydrogen-bond donors (Lipinski definition) is 1. The van der Waals surface area contributed by atoms with E-state index in [1.165, 1.54) is 18.2 Å². The fraction of sp³-hybridized carbons (Fsp3) is 0.0625. The largest absolute Gasteiger partial charge is 0.343 e. The van der Waals surface area contributed by atoms with Gasteiger partial charge in [0.2, 0.25) is 11.7 Å². The quantitative estimate of drug-likeness (QED) is 0.795. The Morgan fingerprint density at radius 1 is 1.22 bits per heavy atom. The predicted octanol–water partition coefficient (Wildman–Crippen LogP) is 3.46. The molecule has 23 heavy (non-hydrogen) atoms. The SMILES string of the molecule is O=C(NCc1nc(-c2ccccc2Cl)no1)c1cccc(F)c1. The van der Waals surface area contributed by atoms with E-state index >= 15 is 0 Å². The zero-order valence-electron chi connectivity index (χ0n) is 11.8. The van der Waals surface area contributed by atoms with E-state index in [9.17, 15) is 9.18 Å². The van der Waals surface area contributed by atoms with Gasteiger partial charge in [0, 0.05) is 11.1 Å². The number of halogens is 2. The molecule has 0 saturated heterocycles. The van der Waals surface area contributed by atoms with Gasteiger partial charge in [0.05, 0.1) is 11.6 Å². The average molecular weight is 332 g/mol. The maximum absolute atomic E-state index is 13.1. The van der Waals surface area contributed by atoms with E-state index in [-0.39, 0.29) is 18.0 Å². The van der Waals surface area contributed by atoms with Crippen LogP contribution in [0, 0.1) is 5.82 Å². The normalized spacial score (nSPS) is 10.5. The highest BCUT2D eigenvalue weighted by atomic mass is 35.5. The molecule has 0 atom stereocenters. The van der Waals surface area contributed by atoms with Gasteiger partial charge >= 0.3 is 0 Å². The molecule has 0 saturated carbocycles. The Labute approximate surface area is 136 Å². The molecule has 0 aliphatic rings. The summed E-state index contributed by atoms with van der Waals surface area (Å²) >= 11 is 6.06. The van der Waals surface area contributed by atoms with E-state index in [1.54, 1.807) is 18.2 Å². The fourth-order valence-electron chi connectivity index (χ4n) is 1.97. The topological polar surface area (TPSA) is 68.0 Å². The average Bonchev–Trinajstić information content (AvgIpc) is 3.02. The molecule has 0 radical (unpaired) electrons. The summed E-state index contributed by atoms with van der Waals surface area (Å²) in [5, 5.41) is 6.92. The number of carbonyl (C=O) groups excluding carboxylic acids is 1. The van der Waals surface area contributed by atoms with Crippen LogP contribution in [-0.2, 0) is 6.54 Å². The van der Waals surface area contributed by atoms with Crippen LogP contribution in [0.4, 0.5) is 4.39 Å². The van der Waals surface area contributed by atoms with Crippen molar-refractivity contribution in [3.05, 3.63) is 70.8 Å². The van der Waals surface area contributed by atoms with Crippen molar-refractivity contribution >= 4 is 17.5 Å². The zero-order valence-corrected chi connectivity index (χ0v) is 12.5. The van der Waals surface area contributed by atoms with Gasteiger partial charge in [-0.3, -0.25) is 4.79 Å². The van der Waals surface area contributed by atoms with E-state index in [0.717, 1.165) is 6.07 Å². The van der Waals surface area contributed by atoms with Gasteiger partial charge in [-0.1, -0.05) is 35.0 Å². The minimum absolute atomic E-state index is 0.0345. The predicted molar refractivity (Wildman–Crippen MR) is 82.3 cm³/mol. The van der Waals surface area contributed by atoms with Crippen LogP contribution in [0.2, 0.25) is 5.02 Å². The number of carbonyl (C=O) groups is 1. The van der Waals surface area contributed by atoms with E-state index < -0.39 is 11.7 Å². The lowest BCUT2D eigenvalue weighted by Gasteiger charge is -2.02. The third-order valence-electron chi connectivity index (χ3n) is 3.07. The molecule has 0 aliphatic carbocycles. The molecule has 0 unspecified atom stereocenters. The highest BCUT2D eigenvalue weighted by Gasteiger charge is 2.13. The third-order valence-corrected chi connectivity index (χ3v) is 3.40. The van der Waals surface area contributed by atoms with Crippen molar-refractivity contribution in [2.24, 2.45) is 0 Å².